The molecule has 0 saturated heterocycles. The van der Waals surface area contributed by atoms with Crippen LogP contribution in [-0.4, -0.2) is 37.0 Å². The van der Waals surface area contributed by atoms with Gasteiger partial charge in [0.25, 0.3) is 0 Å². The molecule has 0 aliphatic rings. The molecule has 1 rings (SSSR count). The molecule has 0 unspecified atom stereocenters. The molecule has 0 bridgehead atoms. The summed E-state index contributed by atoms with van der Waals surface area (Å²) in [6, 6.07) is 7.48. The lowest BCUT2D eigenvalue weighted by Gasteiger charge is -2.18. The third kappa shape index (κ3) is 7.09. The van der Waals surface area contributed by atoms with Crippen LogP contribution in [0.2, 0.25) is 0 Å². The maximum absolute atomic E-state index is 12.1. The van der Waals surface area contributed by atoms with Crippen LogP contribution in [0.3, 0.4) is 0 Å². The van der Waals surface area contributed by atoms with E-state index in [4.69, 9.17) is 4.74 Å². The molecule has 4 heteroatoms. The van der Waals surface area contributed by atoms with Crippen molar-refractivity contribution in [1.82, 2.24) is 4.90 Å². The van der Waals surface area contributed by atoms with Crippen LogP contribution >= 0.6 is 0 Å². The quantitative estimate of drug-likeness (QED) is 0.502. The van der Waals surface area contributed by atoms with Gasteiger partial charge in [-0.1, -0.05) is 31.6 Å². The first-order chi connectivity index (χ1) is 10.7. The number of amides is 1. The summed E-state index contributed by atoms with van der Waals surface area (Å²) >= 11 is 0. The van der Waals surface area contributed by atoms with Crippen LogP contribution in [0.5, 0.6) is 5.75 Å². The predicted molar refractivity (Wildman–Crippen MR) is 92.3 cm³/mol. The van der Waals surface area contributed by atoms with Crippen molar-refractivity contribution in [3.8, 4) is 5.75 Å². The first-order valence-corrected chi connectivity index (χ1v) is 7.66. The Kier molecular flexibility index (Phi) is 8.69. The van der Waals surface area contributed by atoms with Crippen molar-refractivity contribution in [3.05, 3.63) is 49.6 Å². The van der Waals surface area contributed by atoms with Crippen LogP contribution in [0.25, 0.3) is 0 Å². The van der Waals surface area contributed by atoms with Crippen molar-refractivity contribution in [1.29, 1.82) is 0 Å². The number of nitrogens with one attached hydrogen (secondary N) is 1. The molecule has 0 aliphatic heterocycles. The number of hydrogen-bond donors (Lipinski definition) is 1. The van der Waals surface area contributed by atoms with Crippen LogP contribution in [0.1, 0.15) is 19.8 Å². The lowest BCUT2D eigenvalue weighted by atomic mass is 10.3. The molecule has 0 radical (unpaired) electrons. The van der Waals surface area contributed by atoms with E-state index in [0.717, 1.165) is 24.3 Å². The van der Waals surface area contributed by atoms with Gasteiger partial charge in [0.15, 0.2) is 0 Å². The zero-order valence-corrected chi connectivity index (χ0v) is 13.4. The summed E-state index contributed by atoms with van der Waals surface area (Å²) < 4.78 is 5.64. The van der Waals surface area contributed by atoms with Gasteiger partial charge in [-0.05, 0) is 18.6 Å². The summed E-state index contributed by atoms with van der Waals surface area (Å²) in [5.41, 5.74) is 0.746. The smallest absolute Gasteiger partial charge is 0.238 e. The fraction of sp³-hybridized carbons (Fsp3) is 0.389. The molecule has 0 heterocycles. The van der Waals surface area contributed by atoms with E-state index < -0.39 is 0 Å². The first-order valence-electron chi connectivity index (χ1n) is 7.66. The van der Waals surface area contributed by atoms with E-state index in [-0.39, 0.29) is 5.91 Å². The van der Waals surface area contributed by atoms with Gasteiger partial charge in [0.05, 0.1) is 13.2 Å². The number of benzene rings is 1. The zero-order chi connectivity index (χ0) is 16.2. The number of unbranched alkanes of at least 4 members (excludes halogenated alkanes) is 1. The first kappa shape index (κ1) is 18.0. The Morgan fingerprint density at radius 2 is 2.05 bits per heavy atom. The van der Waals surface area contributed by atoms with Crippen molar-refractivity contribution in [2.24, 2.45) is 0 Å². The molecule has 1 N–H and O–H groups in total. The van der Waals surface area contributed by atoms with Crippen LogP contribution in [-0.2, 0) is 4.79 Å². The summed E-state index contributed by atoms with van der Waals surface area (Å²) in [5.74, 6) is 0.717. The Balaban J connectivity index is 2.53. The number of anilines is 1. The Hall–Kier alpha value is -2.07. The highest BCUT2D eigenvalue weighted by molar-refractivity contribution is 5.92. The number of ether oxygens (including phenoxy) is 1. The summed E-state index contributed by atoms with van der Waals surface area (Å²) in [6.07, 6.45) is 5.67. The van der Waals surface area contributed by atoms with E-state index >= 15 is 0 Å². The van der Waals surface area contributed by atoms with E-state index in [2.05, 4.69) is 25.4 Å². The average Bonchev–Trinajstić information content (AvgIpc) is 2.48. The van der Waals surface area contributed by atoms with E-state index in [1.165, 1.54) is 0 Å². The minimum atomic E-state index is -0.0607. The third-order valence-corrected chi connectivity index (χ3v) is 3.03. The molecule has 0 spiro atoms. The highest BCUT2D eigenvalue weighted by Gasteiger charge is 2.08. The van der Waals surface area contributed by atoms with Crippen LogP contribution < -0.4 is 10.1 Å². The minimum absolute atomic E-state index is 0.0607. The molecule has 120 valence electrons. The fourth-order valence-corrected chi connectivity index (χ4v) is 1.97. The second kappa shape index (κ2) is 10.6. The number of hydrogen-bond acceptors (Lipinski definition) is 3. The summed E-state index contributed by atoms with van der Waals surface area (Å²) in [4.78, 5) is 14.0. The Labute approximate surface area is 133 Å². The van der Waals surface area contributed by atoms with Gasteiger partial charge in [-0.2, -0.15) is 0 Å². The topological polar surface area (TPSA) is 41.6 Å². The SMILES string of the molecule is C=CCN(CC=C)CC(=O)Nc1cccc(OCCCC)c1. The lowest BCUT2D eigenvalue weighted by molar-refractivity contribution is -0.117. The Morgan fingerprint density at radius 3 is 2.68 bits per heavy atom. The highest BCUT2D eigenvalue weighted by Crippen LogP contribution is 2.17. The maximum Gasteiger partial charge on any atom is 0.238 e. The van der Waals surface area contributed by atoms with Crippen LogP contribution in [0.4, 0.5) is 5.69 Å². The molecule has 4 nitrogen and oxygen atoms in total. The molecule has 0 saturated carbocycles. The molecule has 1 aromatic rings. The number of nitrogens with zero attached hydrogens (tertiary/aromatic N) is 1. The summed E-state index contributed by atoms with van der Waals surface area (Å²) in [5, 5.41) is 2.89. The summed E-state index contributed by atoms with van der Waals surface area (Å²) in [6.45, 7) is 11.8. The van der Waals surface area contributed by atoms with Crippen molar-refractivity contribution >= 4 is 11.6 Å². The lowest BCUT2D eigenvalue weighted by Crippen LogP contribution is -2.33. The number of rotatable bonds is 11. The standard InChI is InChI=1S/C18H26N2O2/c1-4-7-13-22-17-10-8-9-16(14-17)19-18(21)15-20(11-5-2)12-6-3/h5-6,8-10,14H,2-4,7,11-13,15H2,1H3,(H,19,21). The van der Waals surface area contributed by atoms with Gasteiger partial charge in [-0.3, -0.25) is 9.69 Å². The summed E-state index contributed by atoms with van der Waals surface area (Å²) in [7, 11) is 0. The maximum atomic E-state index is 12.1. The Bertz CT molecular complexity index is 476. The molecule has 22 heavy (non-hydrogen) atoms. The number of carbonyl (C=O) groups is 1. The van der Waals surface area contributed by atoms with Crippen molar-refractivity contribution in [2.75, 3.05) is 31.6 Å². The van der Waals surface area contributed by atoms with Gasteiger partial charge in [0.1, 0.15) is 5.75 Å². The van der Waals surface area contributed by atoms with Gasteiger partial charge in [0, 0.05) is 24.8 Å². The minimum Gasteiger partial charge on any atom is -0.494 e. The van der Waals surface area contributed by atoms with Crippen molar-refractivity contribution in [2.45, 2.75) is 19.8 Å². The largest absolute Gasteiger partial charge is 0.494 e. The van der Waals surface area contributed by atoms with Crippen molar-refractivity contribution < 1.29 is 9.53 Å². The van der Waals surface area contributed by atoms with Gasteiger partial charge < -0.3 is 10.1 Å². The van der Waals surface area contributed by atoms with E-state index in [9.17, 15) is 4.79 Å². The van der Waals surface area contributed by atoms with Gasteiger partial charge in [-0.15, -0.1) is 13.2 Å². The van der Waals surface area contributed by atoms with Gasteiger partial charge in [-0.25, -0.2) is 0 Å². The second-order valence-corrected chi connectivity index (χ2v) is 5.05. The second-order valence-electron chi connectivity index (χ2n) is 5.05. The van der Waals surface area contributed by atoms with E-state index in [1.807, 2.05) is 29.2 Å². The molecule has 1 amide bonds. The molecular weight excluding hydrogens is 276 g/mol. The highest BCUT2D eigenvalue weighted by atomic mass is 16.5. The zero-order valence-electron chi connectivity index (χ0n) is 13.4. The molecule has 0 atom stereocenters. The van der Waals surface area contributed by atoms with Crippen LogP contribution in [0, 0.1) is 0 Å². The molecular formula is C18H26N2O2. The third-order valence-electron chi connectivity index (χ3n) is 3.03. The van der Waals surface area contributed by atoms with E-state index in [1.54, 1.807) is 12.2 Å². The van der Waals surface area contributed by atoms with Crippen molar-refractivity contribution in [3.63, 3.8) is 0 Å². The van der Waals surface area contributed by atoms with Crippen LogP contribution in [0.15, 0.2) is 49.6 Å². The predicted octanol–water partition coefficient (Wildman–Crippen LogP) is 3.48. The Morgan fingerprint density at radius 1 is 1.32 bits per heavy atom. The normalized spacial score (nSPS) is 10.3. The monoisotopic (exact) mass is 302 g/mol. The number of carbonyl (C=O) groups excluding carboxylic acids is 1. The molecule has 0 fully saturated rings. The average molecular weight is 302 g/mol. The van der Waals surface area contributed by atoms with E-state index in [0.29, 0.717) is 26.2 Å². The molecule has 0 aliphatic carbocycles. The fourth-order valence-electron chi connectivity index (χ4n) is 1.97. The molecule has 1 aromatic carbocycles. The van der Waals surface area contributed by atoms with Gasteiger partial charge >= 0.3 is 0 Å². The van der Waals surface area contributed by atoms with Gasteiger partial charge in [0.2, 0.25) is 5.91 Å². The molecule has 0 aromatic heterocycles.